The van der Waals surface area contributed by atoms with E-state index < -0.39 is 22.3 Å². The zero-order valence-corrected chi connectivity index (χ0v) is 10.5. The van der Waals surface area contributed by atoms with Crippen molar-refractivity contribution in [3.63, 3.8) is 0 Å². The summed E-state index contributed by atoms with van der Waals surface area (Å²) in [6.45, 7) is 0. The number of nitriles is 1. The van der Waals surface area contributed by atoms with Crippen molar-refractivity contribution in [3.05, 3.63) is 69.5 Å². The molecule has 0 aliphatic carbocycles. The SMILES string of the molecule is N#Cc1ccc(NC(=O)c2ccc(F)c([N+](=O)[O-])c2)cc1. The molecule has 0 spiro atoms. The number of nitrogens with one attached hydrogen (secondary N) is 1. The predicted molar refractivity (Wildman–Crippen MR) is 72.2 cm³/mol. The monoisotopic (exact) mass is 285 g/mol. The average molecular weight is 285 g/mol. The molecule has 1 amide bonds. The summed E-state index contributed by atoms with van der Waals surface area (Å²) in [5, 5.41) is 21.8. The van der Waals surface area contributed by atoms with Crippen LogP contribution >= 0.6 is 0 Å². The second-order valence-corrected chi connectivity index (χ2v) is 4.07. The third-order valence-electron chi connectivity index (χ3n) is 2.68. The molecule has 1 N–H and O–H groups in total. The molecule has 0 heterocycles. The predicted octanol–water partition coefficient (Wildman–Crippen LogP) is 2.86. The van der Waals surface area contributed by atoms with E-state index in [9.17, 15) is 19.3 Å². The van der Waals surface area contributed by atoms with Crippen molar-refractivity contribution in [2.75, 3.05) is 5.32 Å². The van der Waals surface area contributed by atoms with Gasteiger partial charge in [0.1, 0.15) is 0 Å². The summed E-state index contributed by atoms with van der Waals surface area (Å²) in [4.78, 5) is 21.7. The molecule has 6 nitrogen and oxygen atoms in total. The van der Waals surface area contributed by atoms with Crippen LogP contribution in [0.15, 0.2) is 42.5 Å². The molecule has 0 atom stereocenters. The molecule has 0 saturated heterocycles. The molecule has 0 bridgehead atoms. The zero-order chi connectivity index (χ0) is 15.4. The van der Waals surface area contributed by atoms with Gasteiger partial charge >= 0.3 is 5.69 Å². The molecular formula is C14H8FN3O3. The van der Waals surface area contributed by atoms with Gasteiger partial charge in [-0.05, 0) is 36.4 Å². The second-order valence-electron chi connectivity index (χ2n) is 4.07. The van der Waals surface area contributed by atoms with E-state index in [-0.39, 0.29) is 5.56 Å². The lowest BCUT2D eigenvalue weighted by Gasteiger charge is -2.05. The van der Waals surface area contributed by atoms with E-state index in [2.05, 4.69) is 5.32 Å². The number of hydrogen-bond acceptors (Lipinski definition) is 4. The topological polar surface area (TPSA) is 96.0 Å². The molecule has 7 heteroatoms. The molecular weight excluding hydrogens is 277 g/mol. The molecule has 0 radical (unpaired) electrons. The maximum atomic E-state index is 13.2. The standard InChI is InChI=1S/C14H8FN3O3/c15-12-6-3-10(7-13(12)18(20)21)14(19)17-11-4-1-9(8-16)2-5-11/h1-7H,(H,17,19). The highest BCUT2D eigenvalue weighted by atomic mass is 19.1. The molecule has 2 aromatic rings. The van der Waals surface area contributed by atoms with Gasteiger partial charge in [0, 0.05) is 17.3 Å². The van der Waals surface area contributed by atoms with Crippen LogP contribution in [0.1, 0.15) is 15.9 Å². The smallest absolute Gasteiger partial charge is 0.305 e. The van der Waals surface area contributed by atoms with E-state index in [4.69, 9.17) is 5.26 Å². The highest BCUT2D eigenvalue weighted by Crippen LogP contribution is 2.19. The van der Waals surface area contributed by atoms with Crippen molar-refractivity contribution in [2.45, 2.75) is 0 Å². The number of carbonyl (C=O) groups excluding carboxylic acids is 1. The third-order valence-corrected chi connectivity index (χ3v) is 2.68. The molecule has 0 fully saturated rings. The Kier molecular flexibility index (Phi) is 3.90. The van der Waals surface area contributed by atoms with Crippen LogP contribution in [-0.2, 0) is 0 Å². The molecule has 2 rings (SSSR count). The molecule has 0 aromatic heterocycles. The minimum Gasteiger partial charge on any atom is -0.322 e. The number of nitrogens with zero attached hydrogens (tertiary/aromatic N) is 2. The van der Waals surface area contributed by atoms with Gasteiger partial charge in [-0.15, -0.1) is 0 Å². The molecule has 0 aliphatic heterocycles. The quantitative estimate of drug-likeness (QED) is 0.692. The minimum atomic E-state index is -1.00. The summed E-state index contributed by atoms with van der Waals surface area (Å²) >= 11 is 0. The van der Waals surface area contributed by atoms with Crippen LogP contribution < -0.4 is 5.32 Å². The second kappa shape index (κ2) is 5.79. The maximum absolute atomic E-state index is 13.2. The Morgan fingerprint density at radius 2 is 1.90 bits per heavy atom. The molecule has 2 aromatic carbocycles. The summed E-state index contributed by atoms with van der Waals surface area (Å²) in [5.41, 5.74) is 0.0614. The van der Waals surface area contributed by atoms with E-state index in [0.717, 1.165) is 18.2 Å². The van der Waals surface area contributed by atoms with E-state index in [1.807, 2.05) is 6.07 Å². The van der Waals surface area contributed by atoms with Crippen LogP contribution in [0.3, 0.4) is 0 Å². The zero-order valence-electron chi connectivity index (χ0n) is 10.5. The highest BCUT2D eigenvalue weighted by molar-refractivity contribution is 6.04. The first-order chi connectivity index (χ1) is 10.0. The summed E-state index contributed by atoms with van der Waals surface area (Å²) < 4.78 is 13.2. The Bertz CT molecular complexity index is 751. The summed E-state index contributed by atoms with van der Waals surface area (Å²) in [7, 11) is 0. The van der Waals surface area contributed by atoms with Crippen LogP contribution in [-0.4, -0.2) is 10.8 Å². The van der Waals surface area contributed by atoms with Gasteiger partial charge in [-0.2, -0.15) is 9.65 Å². The normalized spacial score (nSPS) is 9.71. The lowest BCUT2D eigenvalue weighted by Crippen LogP contribution is -2.12. The average Bonchev–Trinajstić information content (AvgIpc) is 2.48. The Morgan fingerprint density at radius 1 is 1.24 bits per heavy atom. The molecule has 0 aliphatic rings. The van der Waals surface area contributed by atoms with Crippen molar-refractivity contribution >= 4 is 17.3 Å². The number of halogens is 1. The Morgan fingerprint density at radius 3 is 2.48 bits per heavy atom. The number of anilines is 1. The first-order valence-corrected chi connectivity index (χ1v) is 5.76. The van der Waals surface area contributed by atoms with Crippen LogP contribution in [0.25, 0.3) is 0 Å². The van der Waals surface area contributed by atoms with Gasteiger partial charge in [0.2, 0.25) is 5.82 Å². The number of rotatable bonds is 3. The van der Waals surface area contributed by atoms with E-state index >= 15 is 0 Å². The van der Waals surface area contributed by atoms with E-state index in [0.29, 0.717) is 11.3 Å². The Hall–Kier alpha value is -3.27. The van der Waals surface area contributed by atoms with Gasteiger partial charge in [-0.1, -0.05) is 0 Å². The van der Waals surface area contributed by atoms with Gasteiger partial charge in [-0.3, -0.25) is 14.9 Å². The van der Waals surface area contributed by atoms with Crippen LogP contribution in [0, 0.1) is 27.3 Å². The van der Waals surface area contributed by atoms with Crippen molar-refractivity contribution < 1.29 is 14.1 Å². The third kappa shape index (κ3) is 3.19. The van der Waals surface area contributed by atoms with Gasteiger partial charge in [0.05, 0.1) is 16.6 Å². The first kappa shape index (κ1) is 14.1. The molecule has 0 unspecified atom stereocenters. The van der Waals surface area contributed by atoms with E-state index in [1.54, 1.807) is 0 Å². The molecule has 104 valence electrons. The van der Waals surface area contributed by atoms with Crippen LogP contribution in [0.5, 0.6) is 0 Å². The molecule has 21 heavy (non-hydrogen) atoms. The number of nitro benzene ring substituents is 1. The van der Waals surface area contributed by atoms with Gasteiger partial charge in [0.25, 0.3) is 5.91 Å². The fourth-order valence-corrected chi connectivity index (χ4v) is 1.63. The van der Waals surface area contributed by atoms with Crippen LogP contribution in [0.2, 0.25) is 0 Å². The summed E-state index contributed by atoms with van der Waals surface area (Å²) in [6, 6.07) is 10.9. The van der Waals surface area contributed by atoms with Crippen molar-refractivity contribution in [1.29, 1.82) is 5.26 Å². The lowest BCUT2D eigenvalue weighted by molar-refractivity contribution is -0.387. The number of hydrogen-bond donors (Lipinski definition) is 1. The lowest BCUT2D eigenvalue weighted by atomic mass is 10.1. The first-order valence-electron chi connectivity index (χ1n) is 5.76. The maximum Gasteiger partial charge on any atom is 0.305 e. The number of nitro groups is 1. The largest absolute Gasteiger partial charge is 0.322 e. The Balaban J connectivity index is 2.22. The fraction of sp³-hybridized carbons (Fsp3) is 0. The molecule has 0 saturated carbocycles. The minimum absolute atomic E-state index is 0.0348. The van der Waals surface area contributed by atoms with Crippen molar-refractivity contribution in [1.82, 2.24) is 0 Å². The van der Waals surface area contributed by atoms with Crippen molar-refractivity contribution in [3.8, 4) is 6.07 Å². The number of amides is 1. The fourth-order valence-electron chi connectivity index (χ4n) is 1.63. The number of benzene rings is 2. The van der Waals surface area contributed by atoms with E-state index in [1.165, 1.54) is 24.3 Å². The van der Waals surface area contributed by atoms with Crippen LogP contribution in [0.4, 0.5) is 15.8 Å². The Labute approximate surface area is 118 Å². The van der Waals surface area contributed by atoms with Gasteiger partial charge in [-0.25, -0.2) is 0 Å². The van der Waals surface area contributed by atoms with Gasteiger partial charge in [0.15, 0.2) is 0 Å². The number of carbonyl (C=O) groups is 1. The summed E-state index contributed by atoms with van der Waals surface area (Å²) in [5.74, 6) is -1.61. The summed E-state index contributed by atoms with van der Waals surface area (Å²) in [6.07, 6.45) is 0. The van der Waals surface area contributed by atoms with Crippen molar-refractivity contribution in [2.24, 2.45) is 0 Å². The highest BCUT2D eigenvalue weighted by Gasteiger charge is 2.17. The van der Waals surface area contributed by atoms with Gasteiger partial charge < -0.3 is 5.32 Å².